The molecule has 0 fully saturated rings. The van der Waals surface area contributed by atoms with E-state index in [1.165, 1.54) is 121 Å². The van der Waals surface area contributed by atoms with Crippen molar-refractivity contribution in [3.63, 3.8) is 0 Å². The summed E-state index contributed by atoms with van der Waals surface area (Å²) >= 11 is 0. The monoisotopic (exact) mass is 1160 g/mol. The highest BCUT2D eigenvalue weighted by Crippen LogP contribution is 2.19. The fourth-order valence-corrected chi connectivity index (χ4v) is 9.74. The smallest absolute Gasteiger partial charge is 0.325 e. The molecular formula is C65H116N4O13. The molecule has 0 bridgehead atoms. The van der Waals surface area contributed by atoms with Crippen LogP contribution in [0.5, 0.6) is 0 Å². The first-order valence-corrected chi connectivity index (χ1v) is 32.4. The van der Waals surface area contributed by atoms with E-state index in [0.717, 1.165) is 109 Å². The summed E-state index contributed by atoms with van der Waals surface area (Å²) in [5, 5.41) is 5.39. The van der Waals surface area contributed by atoms with Gasteiger partial charge in [-0.2, -0.15) is 0 Å². The highest BCUT2D eigenvalue weighted by atomic mass is 17.2. The Labute approximate surface area is 496 Å². The van der Waals surface area contributed by atoms with E-state index in [1.54, 1.807) is 7.11 Å². The van der Waals surface area contributed by atoms with Crippen molar-refractivity contribution in [3.8, 4) is 0 Å². The molecule has 2 N–H and O–H groups in total. The number of ether oxygens (including phenoxy) is 5. The summed E-state index contributed by atoms with van der Waals surface area (Å²) < 4.78 is 27.8. The molecule has 0 heterocycles. The van der Waals surface area contributed by atoms with Gasteiger partial charge in [0, 0.05) is 39.5 Å². The van der Waals surface area contributed by atoms with Crippen LogP contribution in [0.15, 0.2) is 30.3 Å². The predicted molar refractivity (Wildman–Crippen MR) is 325 cm³/mol. The molecule has 17 heteroatoms. The molecule has 1 atom stereocenters. The maximum atomic E-state index is 13.6. The first-order valence-electron chi connectivity index (χ1n) is 32.4. The number of esters is 3. The van der Waals surface area contributed by atoms with Crippen molar-refractivity contribution < 1.29 is 62.2 Å². The molecular weight excluding hydrogens is 1040 g/mol. The summed E-state index contributed by atoms with van der Waals surface area (Å²) in [4.78, 5) is 91.5. The van der Waals surface area contributed by atoms with Crippen molar-refractivity contribution in [1.29, 1.82) is 0 Å². The number of nitrogens with one attached hydrogen (secondary N) is 2. The average Bonchev–Trinajstić information content (AvgIpc) is 3.47. The van der Waals surface area contributed by atoms with Crippen molar-refractivity contribution >= 4 is 35.6 Å². The molecule has 474 valence electrons. The first kappa shape index (κ1) is 75.9. The van der Waals surface area contributed by atoms with Crippen LogP contribution in [0.25, 0.3) is 0 Å². The van der Waals surface area contributed by atoms with Gasteiger partial charge < -0.3 is 39.2 Å². The second-order valence-electron chi connectivity index (χ2n) is 22.0. The number of hydrogen-bond acceptors (Lipinski definition) is 14. The van der Waals surface area contributed by atoms with Crippen LogP contribution >= 0.6 is 0 Å². The van der Waals surface area contributed by atoms with Crippen LogP contribution < -0.4 is 10.6 Å². The molecule has 1 rings (SSSR count). The third-order valence-corrected chi connectivity index (χ3v) is 14.7. The second-order valence-corrected chi connectivity index (χ2v) is 22.0. The Morgan fingerprint density at radius 1 is 0.512 bits per heavy atom. The maximum Gasteiger partial charge on any atom is 0.325 e. The normalized spacial score (nSPS) is 11.7. The number of carbonyl (C=O) groups excluding carboxylic acids is 6. The zero-order chi connectivity index (χ0) is 59.8. The zero-order valence-electron chi connectivity index (χ0n) is 52.3. The number of amides is 3. The molecule has 0 aliphatic heterocycles. The quantitative estimate of drug-likeness (QED) is 0.0205. The molecule has 82 heavy (non-hydrogen) atoms. The molecule has 0 saturated carbocycles. The number of methoxy groups -OCH3 is 1. The van der Waals surface area contributed by atoms with E-state index in [4.69, 9.17) is 28.6 Å². The zero-order valence-corrected chi connectivity index (χ0v) is 52.3. The molecule has 1 aromatic carbocycles. The van der Waals surface area contributed by atoms with Crippen LogP contribution in [-0.4, -0.2) is 151 Å². The van der Waals surface area contributed by atoms with Crippen LogP contribution in [0.2, 0.25) is 0 Å². The summed E-state index contributed by atoms with van der Waals surface area (Å²) in [5.74, 6) is -2.50. The van der Waals surface area contributed by atoms with Crippen molar-refractivity contribution in [3.05, 3.63) is 35.9 Å². The number of benzene rings is 1. The first-order chi connectivity index (χ1) is 40.1. The fraction of sp³-hybridized carbons (Fsp3) is 0.815. The Bertz CT molecular complexity index is 1690. The number of nitrogens with zero attached hydrogens (tertiary/aromatic N) is 2. The van der Waals surface area contributed by atoms with E-state index < -0.39 is 42.9 Å². The summed E-state index contributed by atoms with van der Waals surface area (Å²) in [6.45, 7) is 9.09. The van der Waals surface area contributed by atoms with Crippen molar-refractivity contribution in [2.24, 2.45) is 0 Å². The largest absolute Gasteiger partial charge is 0.466 e. The summed E-state index contributed by atoms with van der Waals surface area (Å²) in [7, 11) is 2.83. The van der Waals surface area contributed by atoms with Crippen LogP contribution in [0.4, 0.5) is 0 Å². The molecule has 0 spiro atoms. The standard InChI is InChI=1S/C65H116N4O13/c1-6-9-12-15-18-19-20-26-37-48-79-62(72)42-34-28-36-45-68(44-35-25-21-24-33-43-63(73)82-58(40-31-22-16-13-10-7-2)41-32-23-17-14-11-8-3)46-50-80-64(74)54-66-65(75)59(53-57-38-29-27-30-39-57)67-60(70)55-69(61(71)56-81-77-5)47-49-78-52-51-76-4/h27,29-30,38-39,58-59H,6-26,28,31-37,40-56H2,1-5H3,(H,66,75)(H,67,70). The van der Waals surface area contributed by atoms with Gasteiger partial charge in [0.15, 0.2) is 6.61 Å². The minimum absolute atomic E-state index is 0.0303. The number of unbranched alkanes of at least 4 members (excludes halogenated alkanes) is 24. The summed E-state index contributed by atoms with van der Waals surface area (Å²) in [6, 6.07) is 8.10. The van der Waals surface area contributed by atoms with Gasteiger partial charge in [0.2, 0.25) is 11.8 Å². The van der Waals surface area contributed by atoms with E-state index in [1.807, 2.05) is 30.3 Å². The number of rotatable bonds is 59. The fourth-order valence-electron chi connectivity index (χ4n) is 9.74. The lowest BCUT2D eigenvalue weighted by atomic mass is 10.0. The Balaban J connectivity index is 2.78. The van der Waals surface area contributed by atoms with Crippen LogP contribution in [-0.2, 0) is 68.6 Å². The van der Waals surface area contributed by atoms with E-state index in [-0.39, 0.29) is 50.8 Å². The predicted octanol–water partition coefficient (Wildman–Crippen LogP) is 12.1. The summed E-state index contributed by atoms with van der Waals surface area (Å²) in [5.41, 5.74) is 0.781. The van der Waals surface area contributed by atoms with Gasteiger partial charge in [0.05, 0.1) is 40.1 Å². The van der Waals surface area contributed by atoms with E-state index in [2.05, 4.69) is 41.2 Å². The molecule has 3 amide bonds. The molecule has 17 nitrogen and oxygen atoms in total. The second kappa shape index (κ2) is 56.0. The lowest BCUT2D eigenvalue weighted by Crippen LogP contribution is -2.52. The molecule has 0 aliphatic rings. The van der Waals surface area contributed by atoms with Gasteiger partial charge in [0.1, 0.15) is 25.3 Å². The minimum atomic E-state index is -1.06. The van der Waals surface area contributed by atoms with E-state index >= 15 is 0 Å². The molecule has 0 saturated heterocycles. The third-order valence-electron chi connectivity index (χ3n) is 14.7. The van der Waals surface area contributed by atoms with E-state index in [0.29, 0.717) is 39.2 Å². The van der Waals surface area contributed by atoms with Crippen LogP contribution in [0.3, 0.4) is 0 Å². The maximum absolute atomic E-state index is 13.6. The van der Waals surface area contributed by atoms with Gasteiger partial charge in [-0.25, -0.2) is 9.78 Å². The van der Waals surface area contributed by atoms with Gasteiger partial charge in [-0.15, -0.1) is 0 Å². The topological polar surface area (TPSA) is 198 Å². The van der Waals surface area contributed by atoms with E-state index in [9.17, 15) is 28.8 Å². The SMILES string of the molecule is CCCCCCCCCCCOC(=O)CCCCCN(CCCCCCCC(=O)OC(CCCCCCCC)CCCCCCCC)CCOC(=O)CNC(=O)C(Cc1ccccc1)NC(=O)CN(CCOCCOC)C(=O)COOC. The highest BCUT2D eigenvalue weighted by Gasteiger charge is 2.25. The van der Waals surface area contributed by atoms with Crippen molar-refractivity contribution in [2.45, 2.75) is 251 Å². The Morgan fingerprint density at radius 3 is 1.62 bits per heavy atom. The lowest BCUT2D eigenvalue weighted by molar-refractivity contribution is -0.269. The molecule has 1 unspecified atom stereocenters. The van der Waals surface area contributed by atoms with Crippen molar-refractivity contribution in [2.75, 3.05) is 93.1 Å². The van der Waals surface area contributed by atoms with Crippen LogP contribution in [0, 0.1) is 0 Å². The van der Waals surface area contributed by atoms with Crippen LogP contribution in [0.1, 0.15) is 238 Å². The van der Waals surface area contributed by atoms with Crippen molar-refractivity contribution in [1.82, 2.24) is 20.4 Å². The van der Waals surface area contributed by atoms with Gasteiger partial charge in [-0.05, 0) is 76.4 Å². The Kier molecular flexibility index (Phi) is 51.8. The molecule has 1 aromatic rings. The summed E-state index contributed by atoms with van der Waals surface area (Å²) in [6.07, 6.45) is 35.9. The van der Waals surface area contributed by atoms with Gasteiger partial charge in [0.25, 0.3) is 5.91 Å². The third kappa shape index (κ3) is 46.2. The highest BCUT2D eigenvalue weighted by molar-refractivity contribution is 5.91. The lowest BCUT2D eigenvalue weighted by Gasteiger charge is -2.24. The molecule has 0 aliphatic carbocycles. The Morgan fingerprint density at radius 2 is 1.04 bits per heavy atom. The molecule has 0 radical (unpaired) electrons. The number of carbonyl (C=O) groups is 6. The van der Waals surface area contributed by atoms with Gasteiger partial charge in [-0.3, -0.25) is 33.7 Å². The molecule has 0 aromatic heterocycles. The Hall–Kier alpha value is -4.16. The average molecular weight is 1160 g/mol. The van der Waals surface area contributed by atoms with Gasteiger partial charge in [-0.1, -0.05) is 192 Å². The van der Waals surface area contributed by atoms with Gasteiger partial charge >= 0.3 is 17.9 Å². The number of hydrogen-bond donors (Lipinski definition) is 2. The minimum Gasteiger partial charge on any atom is -0.466 e.